The van der Waals surface area contributed by atoms with Crippen molar-refractivity contribution in [1.82, 2.24) is 5.32 Å². The van der Waals surface area contributed by atoms with Gasteiger partial charge in [0, 0.05) is 12.6 Å². The van der Waals surface area contributed by atoms with E-state index in [0.29, 0.717) is 12.0 Å². The summed E-state index contributed by atoms with van der Waals surface area (Å²) in [5, 5.41) is 9.15. The number of rotatable bonds is 8. The maximum Gasteiger partial charge on any atom is 0.0710 e. The molecule has 3 aromatic carbocycles. The number of nitrogens with one attached hydrogen (secondary N) is 1. The quantitative estimate of drug-likeness (QED) is 0.108. The van der Waals surface area contributed by atoms with Crippen LogP contribution >= 0.6 is 22.6 Å². The van der Waals surface area contributed by atoms with Gasteiger partial charge in [0.1, 0.15) is 0 Å². The van der Waals surface area contributed by atoms with Crippen molar-refractivity contribution in [1.29, 1.82) is 0 Å². The van der Waals surface area contributed by atoms with Crippen molar-refractivity contribution in [3.8, 4) is 0 Å². The molecule has 3 N–H and O–H groups in total. The Bertz CT molecular complexity index is 896. The zero-order valence-corrected chi connectivity index (χ0v) is 18.5. The molecule has 1 fully saturated rings. The van der Waals surface area contributed by atoms with Crippen LogP contribution in [0, 0.1) is 5.92 Å². The minimum absolute atomic E-state index is 0.0861. The Morgan fingerprint density at radius 1 is 1.00 bits per heavy atom. The van der Waals surface area contributed by atoms with Gasteiger partial charge in [-0.3, -0.25) is 0 Å². The summed E-state index contributed by atoms with van der Waals surface area (Å²) in [6.07, 6.45) is 6.38. The Morgan fingerprint density at radius 3 is 2.21 bits per heavy atom. The molecule has 2 radical (unpaired) electrons. The van der Waals surface area contributed by atoms with Crippen molar-refractivity contribution in [2.75, 3.05) is 0 Å². The van der Waals surface area contributed by atoms with Crippen LogP contribution < -0.4 is 11.1 Å². The fourth-order valence-electron chi connectivity index (χ4n) is 4.47. The van der Waals surface area contributed by atoms with E-state index >= 15 is 0 Å². The van der Waals surface area contributed by atoms with Crippen molar-refractivity contribution >= 4 is 52.0 Å². The van der Waals surface area contributed by atoms with Crippen LogP contribution in [0.5, 0.6) is 0 Å². The topological polar surface area (TPSA) is 38.0 Å². The lowest BCUT2D eigenvalue weighted by Crippen LogP contribution is -2.53. The molecule has 0 aromatic heterocycles. The summed E-state index contributed by atoms with van der Waals surface area (Å²) in [5.74, 6) is 0.604. The number of fused-ring (bicyclic) bond motifs is 2. The molecule has 28 heavy (non-hydrogen) atoms. The first kappa shape index (κ1) is 20.2. The van der Waals surface area contributed by atoms with Gasteiger partial charge in [-0.25, -0.2) is 0 Å². The van der Waals surface area contributed by atoms with E-state index in [4.69, 9.17) is 13.6 Å². The number of halogens is 1. The number of hydrogen-bond donors (Lipinski definition) is 2. The van der Waals surface area contributed by atoms with Gasteiger partial charge >= 0.3 is 0 Å². The number of alkyl halides is 1. The zero-order valence-electron chi connectivity index (χ0n) is 16.3. The van der Waals surface area contributed by atoms with Gasteiger partial charge in [-0.2, -0.15) is 0 Å². The van der Waals surface area contributed by atoms with Crippen LogP contribution in [0.4, 0.5) is 0 Å². The summed E-state index contributed by atoms with van der Waals surface area (Å²) in [6, 6.07) is 20.3. The molecule has 1 saturated carbocycles. The second-order valence-electron chi connectivity index (χ2n) is 8.22. The molecule has 1 atom stereocenters. The van der Waals surface area contributed by atoms with E-state index in [9.17, 15) is 0 Å². The molecule has 1 aliphatic rings. The molecule has 1 unspecified atom stereocenters. The fraction of sp³-hybridized carbons (Fsp3) is 0.417. The second-order valence-corrected chi connectivity index (χ2v) is 10.2. The monoisotopic (exact) mass is 482 g/mol. The maximum absolute atomic E-state index is 6.60. The second kappa shape index (κ2) is 8.72. The molecule has 4 rings (SSSR count). The van der Waals surface area contributed by atoms with Crippen LogP contribution in [-0.4, -0.2) is 17.4 Å². The van der Waals surface area contributed by atoms with E-state index < -0.39 is 0 Å². The number of nitrogens with two attached hydrogens (primary N) is 1. The Balaban J connectivity index is 1.44. The molecule has 3 aromatic rings. The van der Waals surface area contributed by atoms with Gasteiger partial charge < -0.3 is 11.1 Å². The molecule has 0 aliphatic heterocycles. The minimum atomic E-state index is -0.0861. The van der Waals surface area contributed by atoms with Crippen LogP contribution in [0.2, 0.25) is 6.32 Å². The number of hydrogen-bond acceptors (Lipinski definition) is 2. The SMILES string of the molecule is [B]CCCCC(N)(I)C1CC(NCc2c3ccccc3cc3ccccc23)C1. The maximum atomic E-state index is 6.60. The highest BCUT2D eigenvalue weighted by atomic mass is 127. The third kappa shape index (κ3) is 4.24. The van der Waals surface area contributed by atoms with Crippen molar-refractivity contribution in [3.05, 3.63) is 60.2 Å². The Kier molecular flexibility index (Phi) is 6.29. The summed E-state index contributed by atoms with van der Waals surface area (Å²) in [6.45, 7) is 0.908. The van der Waals surface area contributed by atoms with Gasteiger partial charge in [-0.05, 0) is 58.4 Å². The first-order chi connectivity index (χ1) is 13.6. The summed E-state index contributed by atoms with van der Waals surface area (Å²) < 4.78 is -0.0861. The van der Waals surface area contributed by atoms with Crippen LogP contribution in [0.15, 0.2) is 54.6 Å². The molecule has 2 nitrogen and oxygen atoms in total. The van der Waals surface area contributed by atoms with E-state index in [1.807, 2.05) is 0 Å². The van der Waals surface area contributed by atoms with Gasteiger partial charge in [0.25, 0.3) is 0 Å². The van der Waals surface area contributed by atoms with Crippen LogP contribution in [0.3, 0.4) is 0 Å². The molecule has 0 amide bonds. The smallest absolute Gasteiger partial charge is 0.0710 e. The molecule has 4 heteroatoms. The van der Waals surface area contributed by atoms with Crippen LogP contribution in [0.25, 0.3) is 21.5 Å². The third-order valence-corrected chi connectivity index (χ3v) is 7.70. The summed E-state index contributed by atoms with van der Waals surface area (Å²) >= 11 is 2.47. The highest BCUT2D eigenvalue weighted by molar-refractivity contribution is 14.1. The molecule has 0 spiro atoms. The van der Waals surface area contributed by atoms with E-state index in [-0.39, 0.29) is 3.55 Å². The van der Waals surface area contributed by atoms with Crippen LogP contribution in [0.1, 0.15) is 37.7 Å². The van der Waals surface area contributed by atoms with Gasteiger partial charge in [0.15, 0.2) is 0 Å². The van der Waals surface area contributed by atoms with E-state index in [1.54, 1.807) is 0 Å². The molecule has 1 aliphatic carbocycles. The molecule has 144 valence electrons. The molecular formula is C24H28BIN2. The first-order valence-electron chi connectivity index (χ1n) is 10.4. The standard InChI is InChI=1S/C24H28BIN2/c25-12-6-5-11-24(26,27)19-14-20(15-19)28-16-23-21-9-3-1-7-17(21)13-18-8-2-4-10-22(18)23/h1-4,7-10,13,19-20,28H,5-6,11-12,14-16,27H2. The molecule has 0 heterocycles. The van der Waals surface area contributed by atoms with Crippen molar-refractivity contribution in [2.24, 2.45) is 11.7 Å². The lowest BCUT2D eigenvalue weighted by molar-refractivity contribution is 0.173. The lowest BCUT2D eigenvalue weighted by Gasteiger charge is -2.44. The molecular weight excluding hydrogens is 454 g/mol. The molecule has 0 saturated heterocycles. The predicted molar refractivity (Wildman–Crippen MR) is 130 cm³/mol. The Morgan fingerprint density at radius 2 is 1.61 bits per heavy atom. The summed E-state index contributed by atoms with van der Waals surface area (Å²) in [7, 11) is 5.62. The number of benzene rings is 3. The first-order valence-corrected chi connectivity index (χ1v) is 11.5. The number of unbranched alkanes of at least 4 members (excludes halogenated alkanes) is 1. The van der Waals surface area contributed by atoms with E-state index in [0.717, 1.165) is 32.1 Å². The van der Waals surface area contributed by atoms with Crippen molar-refractivity contribution in [2.45, 2.75) is 54.6 Å². The summed E-state index contributed by atoms with van der Waals surface area (Å²) in [5.41, 5.74) is 8.01. The highest BCUT2D eigenvalue weighted by Crippen LogP contribution is 2.42. The van der Waals surface area contributed by atoms with E-state index in [2.05, 4.69) is 82.5 Å². The minimum Gasteiger partial charge on any atom is -0.317 e. The van der Waals surface area contributed by atoms with Gasteiger partial charge in [0.05, 0.1) is 11.4 Å². The average molecular weight is 482 g/mol. The third-order valence-electron chi connectivity index (χ3n) is 6.28. The predicted octanol–water partition coefficient (Wildman–Crippen LogP) is 5.71. The van der Waals surface area contributed by atoms with Gasteiger partial charge in [0.2, 0.25) is 0 Å². The normalized spacial score (nSPS) is 21.5. The largest absolute Gasteiger partial charge is 0.317 e. The molecule has 0 bridgehead atoms. The Hall–Kier alpha value is -1.11. The van der Waals surface area contributed by atoms with Gasteiger partial charge in [-0.15, -0.1) is 0 Å². The lowest BCUT2D eigenvalue weighted by atomic mass is 9.74. The van der Waals surface area contributed by atoms with Crippen molar-refractivity contribution in [3.63, 3.8) is 0 Å². The highest BCUT2D eigenvalue weighted by Gasteiger charge is 2.41. The summed E-state index contributed by atoms with van der Waals surface area (Å²) in [4.78, 5) is 0. The zero-order chi connectivity index (χ0) is 19.6. The Labute approximate surface area is 183 Å². The average Bonchev–Trinajstić information content (AvgIpc) is 2.66. The van der Waals surface area contributed by atoms with Crippen LogP contribution in [-0.2, 0) is 6.54 Å². The van der Waals surface area contributed by atoms with Crippen molar-refractivity contribution < 1.29 is 0 Å². The van der Waals surface area contributed by atoms with Gasteiger partial charge in [-0.1, -0.05) is 90.3 Å². The van der Waals surface area contributed by atoms with E-state index in [1.165, 1.54) is 39.9 Å². The fourth-order valence-corrected chi connectivity index (χ4v) is 5.36.